The minimum absolute atomic E-state index is 0.0813. The van der Waals surface area contributed by atoms with Crippen LogP contribution in [0.4, 0.5) is 11.4 Å². The molecule has 3 rings (SSSR count). The Morgan fingerprint density at radius 3 is 1.79 bits per heavy atom. The van der Waals surface area contributed by atoms with Gasteiger partial charge in [-0.2, -0.15) is 0 Å². The van der Waals surface area contributed by atoms with Crippen LogP contribution < -0.4 is 15.4 Å². The standard InChI is InChI=1S/C22H24N2O5/c1-13(2)29-17-10-8-16(9-11-17)24-21(26)19-12-18(19)20(25)23-15-6-4-14(5-7-15)22(27)28-3/h4-11,13,18-19H,12H2,1-3H3,(H,23,25)(H,24,26). The first kappa shape index (κ1) is 20.4. The van der Waals surface area contributed by atoms with Gasteiger partial charge in [0.05, 0.1) is 30.6 Å². The highest BCUT2D eigenvalue weighted by molar-refractivity contribution is 6.03. The van der Waals surface area contributed by atoms with Gasteiger partial charge in [-0.25, -0.2) is 4.79 Å². The van der Waals surface area contributed by atoms with Gasteiger partial charge in [-0.05, 0) is 68.8 Å². The molecule has 152 valence electrons. The fourth-order valence-corrected chi connectivity index (χ4v) is 2.94. The lowest BCUT2D eigenvalue weighted by Gasteiger charge is -2.10. The highest BCUT2D eigenvalue weighted by atomic mass is 16.5. The molecule has 1 aliphatic carbocycles. The van der Waals surface area contributed by atoms with Crippen molar-refractivity contribution in [1.82, 2.24) is 0 Å². The Labute approximate surface area is 169 Å². The lowest BCUT2D eigenvalue weighted by molar-refractivity contribution is -0.122. The lowest BCUT2D eigenvalue weighted by Crippen LogP contribution is -2.20. The molecule has 2 atom stereocenters. The molecule has 2 aromatic carbocycles. The predicted molar refractivity (Wildman–Crippen MR) is 109 cm³/mol. The fraction of sp³-hybridized carbons (Fsp3) is 0.318. The third-order valence-corrected chi connectivity index (χ3v) is 4.53. The zero-order chi connectivity index (χ0) is 21.0. The van der Waals surface area contributed by atoms with E-state index in [2.05, 4.69) is 15.4 Å². The van der Waals surface area contributed by atoms with Crippen LogP contribution in [0.2, 0.25) is 0 Å². The molecule has 2 N–H and O–H groups in total. The number of ether oxygens (including phenoxy) is 2. The Balaban J connectivity index is 1.50. The summed E-state index contributed by atoms with van der Waals surface area (Å²) in [5.74, 6) is -0.805. The third kappa shape index (κ3) is 5.34. The van der Waals surface area contributed by atoms with E-state index in [1.807, 2.05) is 13.8 Å². The average molecular weight is 396 g/mol. The Bertz CT molecular complexity index is 890. The van der Waals surface area contributed by atoms with Gasteiger partial charge in [0.15, 0.2) is 0 Å². The van der Waals surface area contributed by atoms with E-state index in [1.54, 1.807) is 48.5 Å². The second-order valence-electron chi connectivity index (χ2n) is 7.19. The third-order valence-electron chi connectivity index (χ3n) is 4.53. The van der Waals surface area contributed by atoms with Gasteiger partial charge in [-0.15, -0.1) is 0 Å². The number of carbonyl (C=O) groups excluding carboxylic acids is 3. The zero-order valence-electron chi connectivity index (χ0n) is 16.6. The van der Waals surface area contributed by atoms with Crippen LogP contribution in [0.1, 0.15) is 30.6 Å². The molecular weight excluding hydrogens is 372 g/mol. The molecule has 7 heteroatoms. The quantitative estimate of drug-likeness (QED) is 0.699. The Hall–Kier alpha value is -3.35. The number of hydrogen-bond donors (Lipinski definition) is 2. The Morgan fingerprint density at radius 2 is 1.34 bits per heavy atom. The van der Waals surface area contributed by atoms with Crippen LogP contribution in [-0.4, -0.2) is 31.0 Å². The second kappa shape index (κ2) is 8.77. The van der Waals surface area contributed by atoms with Crippen LogP contribution >= 0.6 is 0 Å². The molecule has 7 nitrogen and oxygen atoms in total. The summed E-state index contributed by atoms with van der Waals surface area (Å²) < 4.78 is 10.2. The second-order valence-corrected chi connectivity index (χ2v) is 7.19. The smallest absolute Gasteiger partial charge is 0.337 e. The summed E-state index contributed by atoms with van der Waals surface area (Å²) in [6.07, 6.45) is 0.588. The molecule has 0 aliphatic heterocycles. The Kier molecular flexibility index (Phi) is 6.16. The van der Waals surface area contributed by atoms with Crippen molar-refractivity contribution in [3.05, 3.63) is 54.1 Å². The van der Waals surface area contributed by atoms with Crippen LogP contribution in [0.15, 0.2) is 48.5 Å². The van der Waals surface area contributed by atoms with Crippen LogP contribution in [0, 0.1) is 11.8 Å². The maximum absolute atomic E-state index is 12.4. The zero-order valence-corrected chi connectivity index (χ0v) is 16.6. The molecule has 2 amide bonds. The van der Waals surface area contributed by atoms with E-state index in [0.717, 1.165) is 5.75 Å². The van der Waals surface area contributed by atoms with E-state index in [-0.39, 0.29) is 29.8 Å². The van der Waals surface area contributed by atoms with Crippen molar-refractivity contribution < 1.29 is 23.9 Å². The molecule has 0 radical (unpaired) electrons. The van der Waals surface area contributed by atoms with Gasteiger partial charge < -0.3 is 20.1 Å². The minimum atomic E-state index is -0.439. The van der Waals surface area contributed by atoms with E-state index in [1.165, 1.54) is 7.11 Å². The summed E-state index contributed by atoms with van der Waals surface area (Å²) in [5, 5.41) is 5.61. The minimum Gasteiger partial charge on any atom is -0.491 e. The van der Waals surface area contributed by atoms with Crippen molar-refractivity contribution in [3.8, 4) is 5.75 Å². The van der Waals surface area contributed by atoms with Gasteiger partial charge >= 0.3 is 5.97 Å². The molecule has 0 aromatic heterocycles. The number of benzene rings is 2. The van der Waals surface area contributed by atoms with E-state index in [0.29, 0.717) is 23.4 Å². The number of rotatable bonds is 7. The summed E-state index contributed by atoms with van der Waals surface area (Å²) >= 11 is 0. The van der Waals surface area contributed by atoms with Crippen LogP contribution in [0.3, 0.4) is 0 Å². The van der Waals surface area contributed by atoms with Crippen LogP contribution in [0.25, 0.3) is 0 Å². The molecule has 0 bridgehead atoms. The highest BCUT2D eigenvalue weighted by Crippen LogP contribution is 2.40. The number of methoxy groups -OCH3 is 1. The first-order valence-electron chi connectivity index (χ1n) is 9.44. The number of hydrogen-bond acceptors (Lipinski definition) is 5. The van der Waals surface area contributed by atoms with Crippen LogP contribution in [-0.2, 0) is 14.3 Å². The molecule has 1 fully saturated rings. The lowest BCUT2D eigenvalue weighted by atomic mass is 10.2. The molecule has 2 aromatic rings. The molecule has 1 aliphatic rings. The summed E-state index contributed by atoms with van der Waals surface area (Å²) in [6.45, 7) is 3.89. The van der Waals surface area contributed by atoms with Gasteiger partial charge in [0.1, 0.15) is 5.75 Å². The monoisotopic (exact) mass is 396 g/mol. The first-order chi connectivity index (χ1) is 13.9. The summed E-state index contributed by atoms with van der Waals surface area (Å²) in [6, 6.07) is 13.5. The maximum atomic E-state index is 12.4. The molecule has 0 saturated heterocycles. The molecule has 0 spiro atoms. The van der Waals surface area contributed by atoms with Crippen molar-refractivity contribution in [2.45, 2.75) is 26.4 Å². The molecule has 1 saturated carbocycles. The average Bonchev–Trinajstić information content (AvgIpc) is 3.50. The van der Waals surface area contributed by atoms with Gasteiger partial charge in [-0.3, -0.25) is 9.59 Å². The topological polar surface area (TPSA) is 93.7 Å². The number of amides is 2. The van der Waals surface area contributed by atoms with Gasteiger partial charge in [0, 0.05) is 11.4 Å². The fourth-order valence-electron chi connectivity index (χ4n) is 2.94. The van der Waals surface area contributed by atoms with Crippen molar-refractivity contribution in [2.24, 2.45) is 11.8 Å². The molecule has 2 unspecified atom stereocenters. The van der Waals surface area contributed by atoms with E-state index in [9.17, 15) is 14.4 Å². The number of carbonyl (C=O) groups is 3. The highest BCUT2D eigenvalue weighted by Gasteiger charge is 2.48. The van der Waals surface area contributed by atoms with Gasteiger partial charge in [0.25, 0.3) is 0 Å². The van der Waals surface area contributed by atoms with Crippen molar-refractivity contribution in [1.29, 1.82) is 0 Å². The van der Waals surface area contributed by atoms with Crippen molar-refractivity contribution in [3.63, 3.8) is 0 Å². The predicted octanol–water partition coefficient (Wildman–Crippen LogP) is 3.47. The maximum Gasteiger partial charge on any atom is 0.337 e. The van der Waals surface area contributed by atoms with Crippen molar-refractivity contribution in [2.75, 3.05) is 17.7 Å². The summed E-state index contributed by atoms with van der Waals surface area (Å²) in [7, 11) is 1.31. The SMILES string of the molecule is COC(=O)c1ccc(NC(=O)C2CC2C(=O)Nc2ccc(OC(C)C)cc2)cc1. The number of nitrogens with one attached hydrogen (secondary N) is 2. The van der Waals surface area contributed by atoms with Crippen molar-refractivity contribution >= 4 is 29.2 Å². The van der Waals surface area contributed by atoms with Crippen LogP contribution in [0.5, 0.6) is 5.75 Å². The normalized spacial score (nSPS) is 17.4. The summed E-state index contributed by atoms with van der Waals surface area (Å²) in [5.41, 5.74) is 1.63. The van der Waals surface area contributed by atoms with E-state index >= 15 is 0 Å². The number of esters is 1. The molecule has 0 heterocycles. The van der Waals surface area contributed by atoms with Gasteiger partial charge in [0.2, 0.25) is 11.8 Å². The van der Waals surface area contributed by atoms with E-state index < -0.39 is 5.97 Å². The largest absolute Gasteiger partial charge is 0.491 e. The Morgan fingerprint density at radius 1 is 0.862 bits per heavy atom. The first-order valence-corrected chi connectivity index (χ1v) is 9.44. The number of anilines is 2. The molecular formula is C22H24N2O5. The van der Waals surface area contributed by atoms with E-state index in [4.69, 9.17) is 4.74 Å². The summed E-state index contributed by atoms with van der Waals surface area (Å²) in [4.78, 5) is 36.2. The van der Waals surface area contributed by atoms with Gasteiger partial charge in [-0.1, -0.05) is 0 Å². The molecule has 29 heavy (non-hydrogen) atoms.